The zero-order valence-corrected chi connectivity index (χ0v) is 10.7. The van der Waals surface area contributed by atoms with Crippen LogP contribution in [0.25, 0.3) is 0 Å². The van der Waals surface area contributed by atoms with Gasteiger partial charge < -0.3 is 0 Å². The highest BCUT2D eigenvalue weighted by atomic mass is 16.2. The minimum Gasteiger partial charge on any atom is -0.272 e. The molecule has 2 heterocycles. The second kappa shape index (κ2) is 4.82. The number of hydrazine groups is 1. The molecular formula is C15H15N3O. The molecule has 1 fully saturated rings. The van der Waals surface area contributed by atoms with E-state index in [1.165, 1.54) is 0 Å². The fourth-order valence-electron chi connectivity index (χ4n) is 2.45. The predicted molar refractivity (Wildman–Crippen MR) is 73.5 cm³/mol. The highest BCUT2D eigenvalue weighted by Gasteiger charge is 2.39. The molecule has 1 saturated heterocycles. The van der Waals surface area contributed by atoms with Gasteiger partial charge in [0.25, 0.3) is 5.91 Å². The average molecular weight is 253 g/mol. The molecule has 96 valence electrons. The van der Waals surface area contributed by atoms with Crippen LogP contribution in [0.3, 0.4) is 0 Å². The fraction of sp³-hybridized carbons (Fsp3) is 0.200. The quantitative estimate of drug-likeness (QED) is 0.891. The summed E-state index contributed by atoms with van der Waals surface area (Å²) in [6, 6.07) is 15.4. The summed E-state index contributed by atoms with van der Waals surface area (Å²) in [4.78, 5) is 16.8. The zero-order valence-electron chi connectivity index (χ0n) is 10.7. The SMILES string of the molecule is CC1NN(c2ccccn2)C(=O)[C@@H]1c1ccccc1. The molecule has 1 unspecified atom stereocenters. The molecule has 3 rings (SSSR count). The summed E-state index contributed by atoms with van der Waals surface area (Å²) >= 11 is 0. The maximum atomic E-state index is 12.5. The van der Waals surface area contributed by atoms with Crippen molar-refractivity contribution >= 4 is 11.7 Å². The van der Waals surface area contributed by atoms with Gasteiger partial charge in [-0.2, -0.15) is 0 Å². The molecule has 1 aliphatic rings. The second-order valence-corrected chi connectivity index (χ2v) is 4.67. The van der Waals surface area contributed by atoms with Crippen LogP contribution < -0.4 is 10.4 Å². The average Bonchev–Trinajstić information content (AvgIpc) is 2.76. The van der Waals surface area contributed by atoms with Crippen LogP contribution in [-0.4, -0.2) is 16.9 Å². The lowest BCUT2D eigenvalue weighted by molar-refractivity contribution is -0.118. The molecule has 0 bridgehead atoms. The molecule has 2 atom stereocenters. The van der Waals surface area contributed by atoms with Gasteiger partial charge in [-0.25, -0.2) is 15.4 Å². The fourth-order valence-corrected chi connectivity index (χ4v) is 2.45. The van der Waals surface area contributed by atoms with Crippen LogP contribution in [0.5, 0.6) is 0 Å². The van der Waals surface area contributed by atoms with Crippen molar-refractivity contribution in [2.45, 2.75) is 18.9 Å². The van der Waals surface area contributed by atoms with E-state index in [1.54, 1.807) is 11.2 Å². The largest absolute Gasteiger partial charge is 0.272 e. The van der Waals surface area contributed by atoms with Crippen molar-refractivity contribution in [2.75, 3.05) is 5.01 Å². The van der Waals surface area contributed by atoms with E-state index in [4.69, 9.17) is 0 Å². The third kappa shape index (κ3) is 2.11. The minimum atomic E-state index is -0.164. The first-order chi connectivity index (χ1) is 9.27. The Morgan fingerprint density at radius 3 is 2.53 bits per heavy atom. The van der Waals surface area contributed by atoms with Gasteiger partial charge in [0.15, 0.2) is 0 Å². The van der Waals surface area contributed by atoms with Crippen molar-refractivity contribution in [2.24, 2.45) is 0 Å². The Hall–Kier alpha value is -2.20. The van der Waals surface area contributed by atoms with Gasteiger partial charge in [-0.3, -0.25) is 4.79 Å². The maximum Gasteiger partial charge on any atom is 0.251 e. The van der Waals surface area contributed by atoms with Gasteiger partial charge in [0, 0.05) is 12.2 Å². The topological polar surface area (TPSA) is 45.2 Å². The Morgan fingerprint density at radius 1 is 1.11 bits per heavy atom. The number of hydrogen-bond donors (Lipinski definition) is 1. The lowest BCUT2D eigenvalue weighted by Crippen LogP contribution is -2.37. The van der Waals surface area contributed by atoms with E-state index >= 15 is 0 Å². The Balaban J connectivity index is 1.92. The molecule has 0 spiro atoms. The molecule has 19 heavy (non-hydrogen) atoms. The standard InChI is InChI=1S/C15H15N3O/c1-11-14(12-7-3-2-4-8-12)15(19)18(17-11)13-9-5-6-10-16-13/h2-11,14,17H,1H3/t11?,14-/m0/s1. The molecule has 1 aromatic carbocycles. The molecule has 1 aromatic heterocycles. The van der Waals surface area contributed by atoms with Crippen molar-refractivity contribution in [1.82, 2.24) is 10.4 Å². The van der Waals surface area contributed by atoms with E-state index < -0.39 is 0 Å². The number of amides is 1. The van der Waals surface area contributed by atoms with E-state index in [0.29, 0.717) is 5.82 Å². The number of nitrogens with zero attached hydrogens (tertiary/aromatic N) is 2. The maximum absolute atomic E-state index is 12.5. The van der Waals surface area contributed by atoms with E-state index in [2.05, 4.69) is 10.4 Å². The lowest BCUT2D eigenvalue weighted by atomic mass is 9.93. The monoisotopic (exact) mass is 253 g/mol. The number of carbonyl (C=O) groups is 1. The Bertz CT molecular complexity index is 570. The molecule has 1 N–H and O–H groups in total. The number of pyridine rings is 1. The predicted octanol–water partition coefficient (Wildman–Crippen LogP) is 2.11. The Morgan fingerprint density at radius 2 is 1.84 bits per heavy atom. The summed E-state index contributed by atoms with van der Waals surface area (Å²) in [5.41, 5.74) is 4.22. The summed E-state index contributed by atoms with van der Waals surface area (Å²) in [6.45, 7) is 2.01. The molecule has 0 radical (unpaired) electrons. The summed E-state index contributed by atoms with van der Waals surface area (Å²) in [6.07, 6.45) is 1.69. The van der Waals surface area contributed by atoms with Crippen LogP contribution in [0, 0.1) is 0 Å². The van der Waals surface area contributed by atoms with Crippen molar-refractivity contribution < 1.29 is 4.79 Å². The lowest BCUT2D eigenvalue weighted by Gasteiger charge is -2.14. The highest BCUT2D eigenvalue weighted by Crippen LogP contribution is 2.29. The van der Waals surface area contributed by atoms with E-state index in [9.17, 15) is 4.79 Å². The summed E-state index contributed by atoms with van der Waals surface area (Å²) in [5.74, 6) is 0.512. The van der Waals surface area contributed by atoms with Crippen molar-refractivity contribution in [3.05, 3.63) is 60.3 Å². The molecule has 0 saturated carbocycles. The molecule has 2 aromatic rings. The Kier molecular flexibility index (Phi) is 3.01. The minimum absolute atomic E-state index is 0.0393. The molecular weight excluding hydrogens is 238 g/mol. The van der Waals surface area contributed by atoms with E-state index in [-0.39, 0.29) is 17.9 Å². The number of nitrogens with one attached hydrogen (secondary N) is 1. The third-order valence-corrected chi connectivity index (χ3v) is 3.36. The first-order valence-corrected chi connectivity index (χ1v) is 6.33. The van der Waals surface area contributed by atoms with Crippen LogP contribution in [0.1, 0.15) is 18.4 Å². The summed E-state index contributed by atoms with van der Waals surface area (Å²) in [5, 5.41) is 1.54. The molecule has 1 amide bonds. The number of benzene rings is 1. The molecule has 4 nitrogen and oxygen atoms in total. The van der Waals surface area contributed by atoms with Crippen molar-refractivity contribution in [3.63, 3.8) is 0 Å². The highest BCUT2D eigenvalue weighted by molar-refractivity contribution is 5.99. The van der Waals surface area contributed by atoms with Gasteiger partial charge >= 0.3 is 0 Å². The van der Waals surface area contributed by atoms with E-state index in [0.717, 1.165) is 5.56 Å². The molecule has 4 heteroatoms. The first-order valence-electron chi connectivity index (χ1n) is 6.33. The van der Waals surface area contributed by atoms with Crippen molar-refractivity contribution in [3.8, 4) is 0 Å². The van der Waals surface area contributed by atoms with Crippen LogP contribution >= 0.6 is 0 Å². The third-order valence-electron chi connectivity index (χ3n) is 3.36. The number of hydrogen-bond acceptors (Lipinski definition) is 3. The molecule has 1 aliphatic heterocycles. The smallest absolute Gasteiger partial charge is 0.251 e. The van der Waals surface area contributed by atoms with Crippen LogP contribution in [0.4, 0.5) is 5.82 Å². The number of anilines is 1. The molecule has 0 aliphatic carbocycles. The van der Waals surface area contributed by atoms with Gasteiger partial charge in [0.05, 0.1) is 5.92 Å². The van der Waals surface area contributed by atoms with Gasteiger partial charge in [0.2, 0.25) is 0 Å². The second-order valence-electron chi connectivity index (χ2n) is 4.67. The van der Waals surface area contributed by atoms with Crippen LogP contribution in [-0.2, 0) is 4.79 Å². The number of rotatable bonds is 2. The van der Waals surface area contributed by atoms with Gasteiger partial charge in [-0.1, -0.05) is 36.4 Å². The first kappa shape index (κ1) is 11.9. The van der Waals surface area contributed by atoms with E-state index in [1.807, 2.05) is 55.5 Å². The number of aromatic nitrogens is 1. The van der Waals surface area contributed by atoms with Crippen LogP contribution in [0.2, 0.25) is 0 Å². The van der Waals surface area contributed by atoms with Crippen molar-refractivity contribution in [1.29, 1.82) is 0 Å². The Labute approximate surface area is 112 Å². The zero-order chi connectivity index (χ0) is 13.2. The van der Waals surface area contributed by atoms with Crippen LogP contribution in [0.15, 0.2) is 54.7 Å². The summed E-state index contributed by atoms with van der Waals surface area (Å²) < 4.78 is 0. The van der Waals surface area contributed by atoms with Gasteiger partial charge in [0.1, 0.15) is 5.82 Å². The normalized spacial score (nSPS) is 22.8. The number of carbonyl (C=O) groups excluding carboxylic acids is 1. The summed E-state index contributed by atoms with van der Waals surface area (Å²) in [7, 11) is 0. The van der Waals surface area contributed by atoms with Gasteiger partial charge in [-0.05, 0) is 24.6 Å². The van der Waals surface area contributed by atoms with Gasteiger partial charge in [-0.15, -0.1) is 0 Å².